The molecule has 0 bridgehead atoms. The van der Waals surface area contributed by atoms with Crippen LogP contribution in [0.5, 0.6) is 0 Å². The predicted octanol–water partition coefficient (Wildman–Crippen LogP) is 3.70. The molecule has 2 aromatic heterocycles. The summed E-state index contributed by atoms with van der Waals surface area (Å²) in [6, 6.07) is 14.4. The lowest BCUT2D eigenvalue weighted by Gasteiger charge is -2.39. The molecule has 1 amide bonds. The Hall–Kier alpha value is -2.64. The van der Waals surface area contributed by atoms with Gasteiger partial charge in [-0.15, -0.1) is 11.3 Å². The van der Waals surface area contributed by atoms with E-state index in [-0.39, 0.29) is 17.8 Å². The van der Waals surface area contributed by atoms with Gasteiger partial charge in [0.05, 0.1) is 18.7 Å². The summed E-state index contributed by atoms with van der Waals surface area (Å²) in [6.45, 7) is 3.86. The molecule has 152 valence electrons. The normalized spacial score (nSPS) is 16.0. The maximum absolute atomic E-state index is 13.2. The van der Waals surface area contributed by atoms with E-state index >= 15 is 0 Å². The zero-order chi connectivity index (χ0) is 20.1. The molecule has 1 unspecified atom stereocenters. The molecule has 0 saturated carbocycles. The van der Waals surface area contributed by atoms with E-state index in [1.54, 1.807) is 17.6 Å². The monoisotopic (exact) mass is 413 g/mol. The summed E-state index contributed by atoms with van der Waals surface area (Å²) in [5.41, 5.74) is 1.03. The second kappa shape index (κ2) is 9.24. The highest BCUT2D eigenvalue weighted by molar-refractivity contribution is 7.10. The first kappa shape index (κ1) is 19.7. The van der Waals surface area contributed by atoms with Gasteiger partial charge in [-0.25, -0.2) is 4.39 Å². The molecule has 3 aromatic rings. The van der Waals surface area contributed by atoms with Crippen LogP contribution in [0.4, 0.5) is 10.1 Å². The number of carbonyl (C=O) groups is 1. The van der Waals surface area contributed by atoms with Gasteiger partial charge in [0.25, 0.3) is 0 Å². The first-order valence-corrected chi connectivity index (χ1v) is 10.6. The largest absolute Gasteiger partial charge is 0.468 e. The Morgan fingerprint density at radius 3 is 2.55 bits per heavy atom. The summed E-state index contributed by atoms with van der Waals surface area (Å²) in [4.78, 5) is 18.0. The topological polar surface area (TPSA) is 48.7 Å². The van der Waals surface area contributed by atoms with Gasteiger partial charge < -0.3 is 14.6 Å². The number of piperazine rings is 1. The van der Waals surface area contributed by atoms with Gasteiger partial charge in [-0.3, -0.25) is 9.69 Å². The van der Waals surface area contributed by atoms with Crippen LogP contribution < -0.4 is 10.2 Å². The van der Waals surface area contributed by atoms with Crippen LogP contribution in [0.2, 0.25) is 0 Å². The molecule has 1 aliphatic heterocycles. The Morgan fingerprint density at radius 1 is 1.10 bits per heavy atom. The average Bonchev–Trinajstić information content (AvgIpc) is 3.44. The maximum Gasteiger partial charge on any atom is 0.225 e. The molecule has 1 aromatic carbocycles. The van der Waals surface area contributed by atoms with E-state index < -0.39 is 0 Å². The third-order valence-electron chi connectivity index (χ3n) is 5.23. The summed E-state index contributed by atoms with van der Waals surface area (Å²) < 4.78 is 18.8. The van der Waals surface area contributed by atoms with Crippen LogP contribution in [0.3, 0.4) is 0 Å². The Morgan fingerprint density at radius 2 is 1.90 bits per heavy atom. The van der Waals surface area contributed by atoms with Gasteiger partial charge in [0, 0.05) is 43.3 Å². The van der Waals surface area contributed by atoms with Gasteiger partial charge in [-0.2, -0.15) is 0 Å². The maximum atomic E-state index is 13.2. The fraction of sp³-hybridized carbons (Fsp3) is 0.318. The summed E-state index contributed by atoms with van der Waals surface area (Å²) >= 11 is 1.59. The highest BCUT2D eigenvalue weighted by Gasteiger charge is 2.27. The van der Waals surface area contributed by atoms with Gasteiger partial charge in [0.2, 0.25) is 5.91 Å². The Labute approximate surface area is 173 Å². The number of benzene rings is 1. The van der Waals surface area contributed by atoms with Gasteiger partial charge in [-0.1, -0.05) is 6.07 Å². The lowest BCUT2D eigenvalue weighted by atomic mass is 10.1. The van der Waals surface area contributed by atoms with Crippen LogP contribution in [0.25, 0.3) is 0 Å². The minimum absolute atomic E-state index is 0.00680. The van der Waals surface area contributed by atoms with E-state index in [2.05, 4.69) is 15.1 Å². The quantitative estimate of drug-likeness (QED) is 0.642. The third kappa shape index (κ3) is 5.05. The lowest BCUT2D eigenvalue weighted by molar-refractivity contribution is -0.120. The number of anilines is 1. The number of hydrogen-bond donors (Lipinski definition) is 1. The predicted molar refractivity (Wildman–Crippen MR) is 113 cm³/mol. The van der Waals surface area contributed by atoms with E-state index in [9.17, 15) is 9.18 Å². The minimum Gasteiger partial charge on any atom is -0.468 e. The van der Waals surface area contributed by atoms with Gasteiger partial charge in [0.1, 0.15) is 11.6 Å². The lowest BCUT2D eigenvalue weighted by Crippen LogP contribution is -2.50. The van der Waals surface area contributed by atoms with E-state index in [0.29, 0.717) is 13.0 Å². The molecule has 3 heterocycles. The van der Waals surface area contributed by atoms with Crippen LogP contribution in [0.15, 0.2) is 64.6 Å². The standard InChI is InChI=1S/C22H24FN3O2S/c23-17-5-7-18(8-6-17)25-9-11-26(12-10-25)20(21-4-1-13-28-21)16-24-22(27)15-19-3-2-14-29-19/h1-8,13-14,20H,9-12,15-16H2,(H,24,27). The third-order valence-corrected chi connectivity index (χ3v) is 6.10. The molecular weight excluding hydrogens is 389 g/mol. The van der Waals surface area contributed by atoms with Gasteiger partial charge in [-0.05, 0) is 47.8 Å². The number of hydrogen-bond acceptors (Lipinski definition) is 5. The Kier molecular flexibility index (Phi) is 6.27. The molecule has 1 atom stereocenters. The number of carbonyl (C=O) groups excluding carboxylic acids is 1. The molecule has 0 radical (unpaired) electrons. The summed E-state index contributed by atoms with van der Waals surface area (Å²) in [5, 5.41) is 5.05. The second-order valence-electron chi connectivity index (χ2n) is 7.09. The summed E-state index contributed by atoms with van der Waals surface area (Å²) in [6.07, 6.45) is 2.07. The Bertz CT molecular complexity index is 889. The van der Waals surface area contributed by atoms with E-state index in [0.717, 1.165) is 42.5 Å². The fourth-order valence-corrected chi connectivity index (χ4v) is 4.38. The number of rotatable bonds is 7. The molecule has 1 fully saturated rings. The highest BCUT2D eigenvalue weighted by Crippen LogP contribution is 2.24. The van der Waals surface area contributed by atoms with Crippen molar-refractivity contribution in [3.63, 3.8) is 0 Å². The molecule has 1 aliphatic rings. The van der Waals surface area contributed by atoms with Crippen molar-refractivity contribution in [1.82, 2.24) is 10.2 Å². The Balaban J connectivity index is 1.36. The number of amides is 1. The van der Waals surface area contributed by atoms with E-state index in [4.69, 9.17) is 4.42 Å². The zero-order valence-electron chi connectivity index (χ0n) is 16.1. The van der Waals surface area contributed by atoms with Crippen molar-refractivity contribution in [2.24, 2.45) is 0 Å². The van der Waals surface area contributed by atoms with Gasteiger partial charge in [0.15, 0.2) is 0 Å². The number of halogens is 1. The van der Waals surface area contributed by atoms with Crippen LogP contribution >= 0.6 is 11.3 Å². The molecule has 5 nitrogen and oxygen atoms in total. The van der Waals surface area contributed by atoms with Crippen LogP contribution in [0, 0.1) is 5.82 Å². The van der Waals surface area contributed by atoms with Gasteiger partial charge >= 0.3 is 0 Å². The molecule has 4 rings (SSSR count). The number of nitrogens with one attached hydrogen (secondary N) is 1. The molecule has 1 N–H and O–H groups in total. The molecule has 1 saturated heterocycles. The molecule has 0 aliphatic carbocycles. The van der Waals surface area contributed by atoms with E-state index in [1.807, 2.05) is 41.8 Å². The fourth-order valence-electron chi connectivity index (χ4n) is 3.68. The smallest absolute Gasteiger partial charge is 0.225 e. The average molecular weight is 414 g/mol. The molecule has 0 spiro atoms. The molecule has 7 heteroatoms. The van der Waals surface area contributed by atoms with Crippen molar-refractivity contribution < 1.29 is 13.6 Å². The van der Waals surface area contributed by atoms with E-state index in [1.165, 1.54) is 12.1 Å². The summed E-state index contributed by atoms with van der Waals surface area (Å²) in [7, 11) is 0. The van der Waals surface area contributed by atoms with Crippen molar-refractivity contribution in [2.75, 3.05) is 37.6 Å². The number of thiophene rings is 1. The molecule has 29 heavy (non-hydrogen) atoms. The molecular formula is C22H24FN3O2S. The number of nitrogens with zero attached hydrogens (tertiary/aromatic N) is 2. The highest BCUT2D eigenvalue weighted by atomic mass is 32.1. The SMILES string of the molecule is O=C(Cc1cccs1)NCC(c1ccco1)N1CCN(c2ccc(F)cc2)CC1. The van der Waals surface area contributed by atoms with Crippen LogP contribution in [0.1, 0.15) is 16.7 Å². The second-order valence-corrected chi connectivity index (χ2v) is 8.12. The van der Waals surface area contributed by atoms with Crippen molar-refractivity contribution in [3.8, 4) is 0 Å². The first-order valence-electron chi connectivity index (χ1n) is 9.76. The first-order chi connectivity index (χ1) is 14.2. The zero-order valence-corrected chi connectivity index (χ0v) is 16.9. The van der Waals surface area contributed by atoms with Crippen molar-refractivity contribution in [1.29, 1.82) is 0 Å². The van der Waals surface area contributed by atoms with Crippen molar-refractivity contribution in [3.05, 3.63) is 76.6 Å². The van der Waals surface area contributed by atoms with Crippen molar-refractivity contribution in [2.45, 2.75) is 12.5 Å². The van der Waals surface area contributed by atoms with Crippen molar-refractivity contribution >= 4 is 22.9 Å². The minimum atomic E-state index is -0.219. The number of furan rings is 1. The van der Waals surface area contributed by atoms with Crippen LogP contribution in [-0.4, -0.2) is 43.5 Å². The summed E-state index contributed by atoms with van der Waals surface area (Å²) in [5.74, 6) is 0.661. The van der Waals surface area contributed by atoms with Crippen LogP contribution in [-0.2, 0) is 11.2 Å².